The zero-order valence-electron chi connectivity index (χ0n) is 13.3. The van der Waals surface area contributed by atoms with E-state index in [0.29, 0.717) is 18.9 Å². The molecule has 7 heteroatoms. The van der Waals surface area contributed by atoms with Crippen molar-refractivity contribution in [1.29, 1.82) is 0 Å². The summed E-state index contributed by atoms with van der Waals surface area (Å²) >= 11 is 0. The topological polar surface area (TPSA) is 56.1 Å². The molecule has 2 aromatic rings. The lowest BCUT2D eigenvalue weighted by molar-refractivity contribution is 0.0612. The average Bonchev–Trinajstić information content (AvgIpc) is 3.15. The standard InChI is InChI=1S/C17H19F2N3O2/c1-11-2-3-15(22(11)17(18)19)16(23)21-14-10-24-9-13(14)8-12-4-6-20-7-5-12/h2-7,13-14,17H,8-10H2,1H3,(H,21,23)/t13-,14-/m1/s1. The van der Waals surface area contributed by atoms with Gasteiger partial charge in [0.1, 0.15) is 5.69 Å². The number of halogens is 2. The van der Waals surface area contributed by atoms with Crippen LogP contribution in [0.3, 0.4) is 0 Å². The van der Waals surface area contributed by atoms with Gasteiger partial charge in [-0.25, -0.2) is 0 Å². The first-order valence-electron chi connectivity index (χ1n) is 7.79. The van der Waals surface area contributed by atoms with Crippen LogP contribution in [0.2, 0.25) is 0 Å². The van der Waals surface area contributed by atoms with Crippen LogP contribution >= 0.6 is 0 Å². The highest BCUT2D eigenvalue weighted by Gasteiger charge is 2.31. The normalized spacial score (nSPS) is 20.5. The van der Waals surface area contributed by atoms with E-state index in [9.17, 15) is 13.6 Å². The number of aromatic nitrogens is 2. The lowest BCUT2D eigenvalue weighted by atomic mass is 9.95. The van der Waals surface area contributed by atoms with Crippen molar-refractivity contribution in [2.24, 2.45) is 5.92 Å². The fourth-order valence-corrected chi connectivity index (χ4v) is 3.02. The molecule has 1 aliphatic heterocycles. The zero-order valence-corrected chi connectivity index (χ0v) is 13.3. The first kappa shape index (κ1) is 16.6. The van der Waals surface area contributed by atoms with Crippen LogP contribution < -0.4 is 5.32 Å². The smallest absolute Gasteiger partial charge is 0.319 e. The molecule has 0 aromatic carbocycles. The van der Waals surface area contributed by atoms with Crippen molar-refractivity contribution in [2.75, 3.05) is 13.2 Å². The molecule has 0 spiro atoms. The van der Waals surface area contributed by atoms with E-state index in [2.05, 4.69) is 10.3 Å². The maximum absolute atomic E-state index is 13.1. The Balaban J connectivity index is 1.69. The fraction of sp³-hybridized carbons (Fsp3) is 0.412. The second kappa shape index (κ2) is 7.09. The number of carbonyl (C=O) groups is 1. The van der Waals surface area contributed by atoms with Crippen molar-refractivity contribution in [3.63, 3.8) is 0 Å². The van der Waals surface area contributed by atoms with Crippen LogP contribution in [0.1, 0.15) is 28.3 Å². The number of aryl methyl sites for hydroxylation is 1. The Bertz CT molecular complexity index is 703. The molecule has 1 aliphatic rings. The Morgan fingerprint density at radius 3 is 2.79 bits per heavy atom. The Hall–Kier alpha value is -2.28. The van der Waals surface area contributed by atoms with Gasteiger partial charge in [0, 0.05) is 24.0 Å². The van der Waals surface area contributed by atoms with E-state index in [-0.39, 0.29) is 17.7 Å². The number of hydrogen-bond acceptors (Lipinski definition) is 3. The molecular formula is C17H19F2N3O2. The van der Waals surface area contributed by atoms with Crippen molar-refractivity contribution in [3.05, 3.63) is 53.6 Å². The summed E-state index contributed by atoms with van der Waals surface area (Å²) in [6.07, 6.45) is 4.18. The lowest BCUT2D eigenvalue weighted by Gasteiger charge is -2.20. The third-order valence-electron chi connectivity index (χ3n) is 4.31. The predicted octanol–water partition coefficient (Wildman–Crippen LogP) is 2.57. The van der Waals surface area contributed by atoms with Gasteiger partial charge in [-0.3, -0.25) is 14.3 Å². The summed E-state index contributed by atoms with van der Waals surface area (Å²) in [6, 6.07) is 6.57. The molecule has 2 aromatic heterocycles. The Labute approximate surface area is 138 Å². The van der Waals surface area contributed by atoms with Gasteiger partial charge >= 0.3 is 6.55 Å². The van der Waals surface area contributed by atoms with Crippen LogP contribution in [0, 0.1) is 12.8 Å². The van der Waals surface area contributed by atoms with Crippen molar-refractivity contribution >= 4 is 5.91 Å². The molecule has 5 nitrogen and oxygen atoms in total. The van der Waals surface area contributed by atoms with E-state index < -0.39 is 12.5 Å². The van der Waals surface area contributed by atoms with Crippen LogP contribution in [0.5, 0.6) is 0 Å². The number of alkyl halides is 2. The van der Waals surface area contributed by atoms with Crippen molar-refractivity contribution in [3.8, 4) is 0 Å². The first-order chi connectivity index (χ1) is 11.6. The van der Waals surface area contributed by atoms with Crippen molar-refractivity contribution in [1.82, 2.24) is 14.9 Å². The minimum absolute atomic E-state index is 0.0305. The summed E-state index contributed by atoms with van der Waals surface area (Å²) in [5.74, 6) is -0.397. The molecule has 128 valence electrons. The largest absolute Gasteiger partial charge is 0.379 e. The second-order valence-corrected chi connectivity index (χ2v) is 5.94. The second-order valence-electron chi connectivity index (χ2n) is 5.94. The number of hydrogen-bond donors (Lipinski definition) is 1. The number of ether oxygens (including phenoxy) is 1. The van der Waals surface area contributed by atoms with Crippen molar-refractivity contribution in [2.45, 2.75) is 25.9 Å². The summed E-state index contributed by atoms with van der Waals surface area (Å²) in [5.41, 5.74) is 1.43. The highest BCUT2D eigenvalue weighted by molar-refractivity contribution is 5.93. The molecule has 0 bridgehead atoms. The van der Waals surface area contributed by atoms with Crippen LogP contribution in [-0.4, -0.2) is 34.7 Å². The highest BCUT2D eigenvalue weighted by Crippen LogP contribution is 2.22. The minimum atomic E-state index is -2.74. The highest BCUT2D eigenvalue weighted by atomic mass is 19.3. The van der Waals surface area contributed by atoms with Gasteiger partial charge in [0.2, 0.25) is 0 Å². The van der Waals surface area contributed by atoms with E-state index in [1.807, 2.05) is 12.1 Å². The number of carbonyl (C=O) groups excluding carboxylic acids is 1. The maximum Gasteiger partial charge on any atom is 0.319 e. The van der Waals surface area contributed by atoms with Gasteiger partial charge in [-0.1, -0.05) is 0 Å². The maximum atomic E-state index is 13.1. The monoisotopic (exact) mass is 335 g/mol. The summed E-state index contributed by atoms with van der Waals surface area (Å²) < 4.78 is 32.4. The van der Waals surface area contributed by atoms with E-state index in [4.69, 9.17) is 4.74 Å². The number of nitrogens with one attached hydrogen (secondary N) is 1. The van der Waals surface area contributed by atoms with Crippen LogP contribution in [-0.2, 0) is 11.2 Å². The molecule has 1 N–H and O–H groups in total. The van der Waals surface area contributed by atoms with Gasteiger partial charge in [-0.15, -0.1) is 0 Å². The SMILES string of the molecule is Cc1ccc(C(=O)N[C@@H]2COC[C@H]2Cc2ccncc2)n1C(F)F. The van der Waals surface area contributed by atoms with Crippen LogP contribution in [0.25, 0.3) is 0 Å². The quantitative estimate of drug-likeness (QED) is 0.914. The number of pyridine rings is 1. The van der Waals surface area contributed by atoms with Crippen molar-refractivity contribution < 1.29 is 18.3 Å². The molecule has 3 heterocycles. The summed E-state index contributed by atoms with van der Waals surface area (Å²) in [4.78, 5) is 16.4. The molecule has 1 saturated heterocycles. The lowest BCUT2D eigenvalue weighted by Crippen LogP contribution is -2.41. The number of nitrogens with zero attached hydrogens (tertiary/aromatic N) is 2. The van der Waals surface area contributed by atoms with Gasteiger partial charge in [0.15, 0.2) is 0 Å². The molecular weight excluding hydrogens is 316 g/mol. The molecule has 24 heavy (non-hydrogen) atoms. The zero-order chi connectivity index (χ0) is 17.1. The Morgan fingerprint density at radius 1 is 1.33 bits per heavy atom. The fourth-order valence-electron chi connectivity index (χ4n) is 3.02. The predicted molar refractivity (Wildman–Crippen MR) is 83.9 cm³/mol. The third-order valence-corrected chi connectivity index (χ3v) is 4.31. The van der Waals surface area contributed by atoms with E-state index in [0.717, 1.165) is 16.6 Å². The van der Waals surface area contributed by atoms with Gasteiger partial charge in [0.25, 0.3) is 5.91 Å². The molecule has 3 rings (SSSR count). The first-order valence-corrected chi connectivity index (χ1v) is 7.79. The molecule has 0 radical (unpaired) electrons. The summed E-state index contributed by atoms with van der Waals surface area (Å²) in [5, 5.41) is 2.84. The van der Waals surface area contributed by atoms with Gasteiger partial charge in [-0.2, -0.15) is 8.78 Å². The molecule has 0 aliphatic carbocycles. The van der Waals surface area contributed by atoms with E-state index >= 15 is 0 Å². The van der Waals surface area contributed by atoms with E-state index in [1.54, 1.807) is 19.3 Å². The van der Waals surface area contributed by atoms with Gasteiger partial charge in [0.05, 0.1) is 19.3 Å². The van der Waals surface area contributed by atoms with E-state index in [1.165, 1.54) is 12.1 Å². The van der Waals surface area contributed by atoms with Gasteiger partial charge in [-0.05, 0) is 43.2 Å². The number of amides is 1. The average molecular weight is 335 g/mol. The molecule has 2 atom stereocenters. The van der Waals surface area contributed by atoms with Crippen LogP contribution in [0.15, 0.2) is 36.7 Å². The summed E-state index contributed by atoms with van der Waals surface area (Å²) in [6.45, 7) is -0.278. The Kier molecular flexibility index (Phi) is 4.89. The molecule has 0 saturated carbocycles. The molecule has 1 amide bonds. The molecule has 1 fully saturated rings. The Morgan fingerprint density at radius 2 is 2.08 bits per heavy atom. The van der Waals surface area contributed by atoms with Crippen LogP contribution in [0.4, 0.5) is 8.78 Å². The minimum Gasteiger partial charge on any atom is -0.379 e. The summed E-state index contributed by atoms with van der Waals surface area (Å²) in [7, 11) is 0. The molecule has 0 unspecified atom stereocenters. The van der Waals surface area contributed by atoms with Gasteiger partial charge < -0.3 is 10.1 Å². The number of rotatable bonds is 5. The third kappa shape index (κ3) is 3.46.